The van der Waals surface area contributed by atoms with Crippen LogP contribution in [-0.4, -0.2) is 42.1 Å². The minimum atomic E-state index is 0.523. The van der Waals surface area contributed by atoms with E-state index in [1.807, 2.05) is 7.05 Å². The summed E-state index contributed by atoms with van der Waals surface area (Å²) in [6.45, 7) is 6.26. The third-order valence-electron chi connectivity index (χ3n) is 3.48. The zero-order chi connectivity index (χ0) is 15.1. The molecule has 1 saturated heterocycles. The average molecular weight is 327 g/mol. The molecule has 1 atom stereocenters. The fraction of sp³-hybridized carbons (Fsp3) is 0.733. The number of hydrogen-bond acceptors (Lipinski definition) is 4. The number of guanidine groups is 1. The molecule has 4 nitrogen and oxygen atoms in total. The maximum absolute atomic E-state index is 4.66. The molecule has 0 radical (unpaired) electrons. The van der Waals surface area contributed by atoms with Gasteiger partial charge in [-0.1, -0.05) is 13.8 Å². The van der Waals surface area contributed by atoms with E-state index in [-0.39, 0.29) is 0 Å². The lowest BCUT2D eigenvalue weighted by molar-refractivity contribution is 0.722. The van der Waals surface area contributed by atoms with Crippen molar-refractivity contribution in [2.45, 2.75) is 44.3 Å². The molecule has 0 bridgehead atoms. The molecule has 0 aliphatic carbocycles. The predicted molar refractivity (Wildman–Crippen MR) is 94.8 cm³/mol. The Morgan fingerprint density at radius 2 is 2.33 bits per heavy atom. The van der Waals surface area contributed by atoms with Gasteiger partial charge in [-0.05, 0) is 18.6 Å². The first-order valence-corrected chi connectivity index (χ1v) is 9.62. The molecular formula is C15H26N4S2. The second kappa shape index (κ2) is 8.63. The number of thioether (sulfide) groups is 1. The van der Waals surface area contributed by atoms with Crippen LogP contribution in [0.5, 0.6) is 0 Å². The second-order valence-corrected chi connectivity index (χ2v) is 7.89. The van der Waals surface area contributed by atoms with Crippen molar-refractivity contribution in [3.05, 3.63) is 16.1 Å². The molecule has 0 aromatic carbocycles. The van der Waals surface area contributed by atoms with Crippen molar-refractivity contribution in [2.75, 3.05) is 25.9 Å². The summed E-state index contributed by atoms with van der Waals surface area (Å²) in [6, 6.07) is 0. The Labute approximate surface area is 136 Å². The summed E-state index contributed by atoms with van der Waals surface area (Å²) in [5.41, 5.74) is 1.18. The van der Waals surface area contributed by atoms with Crippen molar-refractivity contribution < 1.29 is 0 Å². The summed E-state index contributed by atoms with van der Waals surface area (Å²) in [4.78, 5) is 8.94. The van der Waals surface area contributed by atoms with Crippen LogP contribution >= 0.6 is 23.1 Å². The molecule has 2 rings (SSSR count). The lowest BCUT2D eigenvalue weighted by atomic mass is 10.2. The van der Waals surface area contributed by atoms with E-state index in [9.17, 15) is 0 Å². The van der Waals surface area contributed by atoms with Gasteiger partial charge in [0.25, 0.3) is 0 Å². The van der Waals surface area contributed by atoms with Crippen LogP contribution in [0, 0.1) is 0 Å². The summed E-state index contributed by atoms with van der Waals surface area (Å²) in [5.74, 6) is 2.73. The zero-order valence-electron chi connectivity index (χ0n) is 13.2. The van der Waals surface area contributed by atoms with Crippen LogP contribution in [0.1, 0.15) is 43.3 Å². The molecule has 1 aromatic heterocycles. The molecule has 1 aliphatic heterocycles. The van der Waals surface area contributed by atoms with E-state index in [4.69, 9.17) is 0 Å². The quantitative estimate of drug-likeness (QED) is 0.623. The Morgan fingerprint density at radius 1 is 1.48 bits per heavy atom. The van der Waals surface area contributed by atoms with Gasteiger partial charge in [0.2, 0.25) is 0 Å². The van der Waals surface area contributed by atoms with Crippen molar-refractivity contribution >= 4 is 29.1 Å². The SMILES string of the molecule is CN=C(NCCc1csc(C(C)C)n1)NCC1CCCS1. The topological polar surface area (TPSA) is 49.3 Å². The third-order valence-corrected chi connectivity index (χ3v) is 6.07. The first-order valence-electron chi connectivity index (χ1n) is 7.69. The predicted octanol–water partition coefficient (Wildman–Crippen LogP) is 2.87. The molecule has 1 fully saturated rings. The largest absolute Gasteiger partial charge is 0.356 e. The fourth-order valence-corrected chi connectivity index (χ4v) is 4.32. The average Bonchev–Trinajstić information content (AvgIpc) is 3.13. The number of hydrogen-bond donors (Lipinski definition) is 2. The van der Waals surface area contributed by atoms with E-state index in [0.717, 1.165) is 30.7 Å². The van der Waals surface area contributed by atoms with Gasteiger partial charge in [0.05, 0.1) is 10.7 Å². The Kier molecular flexibility index (Phi) is 6.83. The van der Waals surface area contributed by atoms with E-state index in [2.05, 4.69) is 51.6 Å². The van der Waals surface area contributed by atoms with Gasteiger partial charge in [-0.2, -0.15) is 11.8 Å². The van der Waals surface area contributed by atoms with Gasteiger partial charge in [0.15, 0.2) is 5.96 Å². The normalized spacial score (nSPS) is 19.2. The first kappa shape index (κ1) is 16.6. The van der Waals surface area contributed by atoms with Crippen LogP contribution in [0.3, 0.4) is 0 Å². The van der Waals surface area contributed by atoms with Crippen molar-refractivity contribution in [1.29, 1.82) is 0 Å². The highest BCUT2D eigenvalue weighted by Crippen LogP contribution is 2.25. The molecule has 118 valence electrons. The Balaban J connectivity index is 1.67. The summed E-state index contributed by atoms with van der Waals surface area (Å²) in [5, 5.41) is 10.9. The van der Waals surface area contributed by atoms with Crippen molar-refractivity contribution in [2.24, 2.45) is 4.99 Å². The lowest BCUT2D eigenvalue weighted by Crippen LogP contribution is -2.40. The van der Waals surface area contributed by atoms with Crippen LogP contribution in [0.25, 0.3) is 0 Å². The molecule has 1 aliphatic rings. The van der Waals surface area contributed by atoms with Crippen LogP contribution < -0.4 is 10.6 Å². The number of rotatable bonds is 6. The minimum Gasteiger partial charge on any atom is -0.356 e. The number of nitrogens with zero attached hydrogens (tertiary/aromatic N) is 2. The number of aliphatic imine (C=N–C) groups is 1. The van der Waals surface area contributed by atoms with E-state index in [1.54, 1.807) is 11.3 Å². The molecule has 0 amide bonds. The summed E-state index contributed by atoms with van der Waals surface area (Å²) in [6.07, 6.45) is 3.62. The molecule has 6 heteroatoms. The van der Waals surface area contributed by atoms with E-state index in [0.29, 0.717) is 5.92 Å². The highest BCUT2D eigenvalue weighted by atomic mass is 32.2. The monoisotopic (exact) mass is 326 g/mol. The lowest BCUT2D eigenvalue weighted by Gasteiger charge is -2.14. The van der Waals surface area contributed by atoms with Gasteiger partial charge in [-0.3, -0.25) is 4.99 Å². The maximum Gasteiger partial charge on any atom is 0.191 e. The summed E-state index contributed by atoms with van der Waals surface area (Å²) >= 11 is 3.83. The summed E-state index contributed by atoms with van der Waals surface area (Å²) in [7, 11) is 1.83. The Morgan fingerprint density at radius 3 is 2.95 bits per heavy atom. The Hall–Kier alpha value is -0.750. The molecule has 0 saturated carbocycles. The second-order valence-electron chi connectivity index (χ2n) is 5.60. The van der Waals surface area contributed by atoms with Crippen molar-refractivity contribution in [3.8, 4) is 0 Å². The Bertz CT molecular complexity index is 450. The molecule has 2 N–H and O–H groups in total. The van der Waals surface area contributed by atoms with Gasteiger partial charge < -0.3 is 10.6 Å². The van der Waals surface area contributed by atoms with Gasteiger partial charge in [-0.15, -0.1) is 11.3 Å². The smallest absolute Gasteiger partial charge is 0.191 e. The van der Waals surface area contributed by atoms with E-state index < -0.39 is 0 Å². The standard InChI is InChI=1S/C15H26N4S2/c1-11(2)14-19-12(10-21-14)6-7-17-15(16-3)18-9-13-5-4-8-20-13/h10-11,13H,4-9H2,1-3H3,(H2,16,17,18). The van der Waals surface area contributed by atoms with Gasteiger partial charge in [0, 0.05) is 43.1 Å². The van der Waals surface area contributed by atoms with Gasteiger partial charge >= 0.3 is 0 Å². The molecule has 1 unspecified atom stereocenters. The van der Waals surface area contributed by atoms with Crippen LogP contribution in [0.2, 0.25) is 0 Å². The van der Waals surface area contributed by atoms with Crippen LogP contribution in [-0.2, 0) is 6.42 Å². The first-order chi connectivity index (χ1) is 10.2. The zero-order valence-corrected chi connectivity index (χ0v) is 14.8. The minimum absolute atomic E-state index is 0.523. The van der Waals surface area contributed by atoms with Gasteiger partial charge in [-0.25, -0.2) is 4.98 Å². The highest BCUT2D eigenvalue weighted by molar-refractivity contribution is 8.00. The van der Waals surface area contributed by atoms with Crippen LogP contribution in [0.4, 0.5) is 0 Å². The molecule has 21 heavy (non-hydrogen) atoms. The van der Waals surface area contributed by atoms with E-state index >= 15 is 0 Å². The molecule has 1 aromatic rings. The van der Waals surface area contributed by atoms with Crippen molar-refractivity contribution in [3.63, 3.8) is 0 Å². The highest BCUT2D eigenvalue weighted by Gasteiger charge is 2.15. The fourth-order valence-electron chi connectivity index (χ4n) is 2.25. The van der Waals surface area contributed by atoms with Crippen molar-refractivity contribution in [1.82, 2.24) is 15.6 Å². The number of thiazole rings is 1. The maximum atomic E-state index is 4.66. The summed E-state index contributed by atoms with van der Waals surface area (Å²) < 4.78 is 0. The molecule has 0 spiro atoms. The molecule has 2 heterocycles. The number of nitrogens with one attached hydrogen (secondary N) is 2. The molecular weight excluding hydrogens is 300 g/mol. The third kappa shape index (κ3) is 5.51. The number of aromatic nitrogens is 1. The van der Waals surface area contributed by atoms with Crippen LogP contribution in [0.15, 0.2) is 10.4 Å². The van der Waals surface area contributed by atoms with Gasteiger partial charge in [0.1, 0.15) is 0 Å². The van der Waals surface area contributed by atoms with E-state index in [1.165, 1.54) is 29.3 Å².